The summed E-state index contributed by atoms with van der Waals surface area (Å²) in [5, 5.41) is 3.55. The average Bonchev–Trinajstić information content (AvgIpc) is 2.22. The molecule has 6 heteroatoms. The van der Waals surface area contributed by atoms with E-state index in [1.807, 2.05) is 0 Å². The van der Waals surface area contributed by atoms with Gasteiger partial charge in [0.25, 0.3) is 0 Å². The molecule has 1 heterocycles. The molecular formula is C11H20ClN5. The number of aromatic nitrogens is 2. The molecule has 0 fully saturated rings. The van der Waals surface area contributed by atoms with Gasteiger partial charge in [-0.3, -0.25) is 4.90 Å². The number of nitrogens with two attached hydrogens (primary N) is 1. The summed E-state index contributed by atoms with van der Waals surface area (Å²) in [4.78, 5) is 10.2. The van der Waals surface area contributed by atoms with Crippen LogP contribution in [-0.2, 0) is 0 Å². The SMILES string of the molecule is CCN(CCNc1cc(Cl)nc(N)n1)C(C)C. The van der Waals surface area contributed by atoms with E-state index in [4.69, 9.17) is 17.3 Å². The van der Waals surface area contributed by atoms with Gasteiger partial charge >= 0.3 is 0 Å². The van der Waals surface area contributed by atoms with Gasteiger partial charge in [0.15, 0.2) is 0 Å². The fourth-order valence-corrected chi connectivity index (χ4v) is 1.82. The zero-order valence-electron chi connectivity index (χ0n) is 10.6. The number of nitrogen functional groups attached to an aromatic ring is 1. The number of nitrogens with one attached hydrogen (secondary N) is 1. The molecule has 0 spiro atoms. The quantitative estimate of drug-likeness (QED) is 0.762. The van der Waals surface area contributed by atoms with E-state index >= 15 is 0 Å². The van der Waals surface area contributed by atoms with E-state index in [0.717, 1.165) is 19.6 Å². The third kappa shape index (κ3) is 4.75. The summed E-state index contributed by atoms with van der Waals surface area (Å²) in [6.45, 7) is 9.31. The highest BCUT2D eigenvalue weighted by Gasteiger charge is 2.06. The van der Waals surface area contributed by atoms with Crippen LogP contribution in [0.4, 0.5) is 11.8 Å². The minimum atomic E-state index is 0.191. The van der Waals surface area contributed by atoms with Crippen molar-refractivity contribution in [3.8, 4) is 0 Å². The summed E-state index contributed by atoms with van der Waals surface area (Å²) in [5.41, 5.74) is 5.51. The van der Waals surface area contributed by atoms with Gasteiger partial charge in [-0.05, 0) is 20.4 Å². The molecule has 5 nitrogen and oxygen atoms in total. The molecule has 3 N–H and O–H groups in total. The van der Waals surface area contributed by atoms with Crippen LogP contribution in [0.1, 0.15) is 20.8 Å². The molecule has 0 radical (unpaired) electrons. The van der Waals surface area contributed by atoms with Gasteiger partial charge in [-0.2, -0.15) is 4.98 Å². The van der Waals surface area contributed by atoms with E-state index in [0.29, 0.717) is 17.0 Å². The molecular weight excluding hydrogens is 238 g/mol. The first-order chi connectivity index (χ1) is 8.02. The Morgan fingerprint density at radius 3 is 2.71 bits per heavy atom. The van der Waals surface area contributed by atoms with Crippen LogP contribution in [-0.4, -0.2) is 40.5 Å². The molecule has 0 aliphatic carbocycles. The van der Waals surface area contributed by atoms with Crippen LogP contribution in [0.25, 0.3) is 0 Å². The van der Waals surface area contributed by atoms with Crippen molar-refractivity contribution in [2.24, 2.45) is 0 Å². The van der Waals surface area contributed by atoms with Crippen LogP contribution in [0, 0.1) is 0 Å². The second-order valence-corrected chi connectivity index (χ2v) is 4.47. The van der Waals surface area contributed by atoms with Gasteiger partial charge in [0, 0.05) is 25.2 Å². The Morgan fingerprint density at radius 1 is 1.47 bits per heavy atom. The van der Waals surface area contributed by atoms with Crippen molar-refractivity contribution in [2.45, 2.75) is 26.8 Å². The smallest absolute Gasteiger partial charge is 0.223 e. The number of hydrogen-bond acceptors (Lipinski definition) is 5. The summed E-state index contributed by atoms with van der Waals surface area (Å²) in [5.74, 6) is 0.860. The van der Waals surface area contributed by atoms with E-state index in [9.17, 15) is 0 Å². The van der Waals surface area contributed by atoms with E-state index in [-0.39, 0.29) is 5.95 Å². The maximum atomic E-state index is 5.79. The normalized spacial score (nSPS) is 11.2. The molecule has 0 saturated heterocycles. The molecule has 1 aromatic heterocycles. The average molecular weight is 258 g/mol. The summed E-state index contributed by atoms with van der Waals surface area (Å²) < 4.78 is 0. The van der Waals surface area contributed by atoms with Crippen LogP contribution >= 0.6 is 11.6 Å². The predicted molar refractivity (Wildman–Crippen MR) is 72.3 cm³/mol. The Balaban J connectivity index is 2.45. The van der Waals surface area contributed by atoms with Crippen LogP contribution < -0.4 is 11.1 Å². The van der Waals surface area contributed by atoms with Crippen LogP contribution in [0.5, 0.6) is 0 Å². The Bertz CT molecular complexity index is 335. The van der Waals surface area contributed by atoms with Gasteiger partial charge in [0.05, 0.1) is 0 Å². The molecule has 17 heavy (non-hydrogen) atoms. The molecule has 0 amide bonds. The molecule has 0 aliphatic rings. The maximum absolute atomic E-state index is 5.79. The first-order valence-corrected chi connectivity index (χ1v) is 6.18. The molecule has 0 aromatic carbocycles. The molecule has 0 atom stereocenters. The van der Waals surface area contributed by atoms with Crippen molar-refractivity contribution in [3.63, 3.8) is 0 Å². The second kappa shape index (κ2) is 6.61. The fraction of sp³-hybridized carbons (Fsp3) is 0.636. The highest BCUT2D eigenvalue weighted by molar-refractivity contribution is 6.29. The minimum absolute atomic E-state index is 0.191. The van der Waals surface area contributed by atoms with Gasteiger partial charge in [-0.1, -0.05) is 18.5 Å². The number of nitrogens with zero attached hydrogens (tertiary/aromatic N) is 3. The summed E-state index contributed by atoms with van der Waals surface area (Å²) in [7, 11) is 0. The van der Waals surface area contributed by atoms with Crippen molar-refractivity contribution < 1.29 is 0 Å². The van der Waals surface area contributed by atoms with Crippen LogP contribution in [0.15, 0.2) is 6.07 Å². The van der Waals surface area contributed by atoms with Crippen LogP contribution in [0.2, 0.25) is 5.15 Å². The minimum Gasteiger partial charge on any atom is -0.369 e. The Hall–Kier alpha value is -1.07. The highest BCUT2D eigenvalue weighted by Crippen LogP contribution is 2.12. The Labute approximate surface area is 107 Å². The topological polar surface area (TPSA) is 67.1 Å². The maximum Gasteiger partial charge on any atom is 0.223 e. The van der Waals surface area contributed by atoms with E-state index in [1.165, 1.54) is 0 Å². The molecule has 96 valence electrons. The van der Waals surface area contributed by atoms with Crippen molar-refractivity contribution in [3.05, 3.63) is 11.2 Å². The van der Waals surface area contributed by atoms with Crippen molar-refractivity contribution in [1.29, 1.82) is 0 Å². The lowest BCUT2D eigenvalue weighted by molar-refractivity contribution is 0.243. The van der Waals surface area contributed by atoms with Crippen LogP contribution in [0.3, 0.4) is 0 Å². The third-order valence-electron chi connectivity index (χ3n) is 2.55. The van der Waals surface area contributed by atoms with Gasteiger partial charge in [0.1, 0.15) is 11.0 Å². The molecule has 1 aromatic rings. The van der Waals surface area contributed by atoms with E-state index < -0.39 is 0 Å². The molecule has 0 bridgehead atoms. The van der Waals surface area contributed by atoms with Gasteiger partial charge < -0.3 is 11.1 Å². The monoisotopic (exact) mass is 257 g/mol. The van der Waals surface area contributed by atoms with Gasteiger partial charge in [0.2, 0.25) is 5.95 Å². The van der Waals surface area contributed by atoms with Gasteiger partial charge in [-0.25, -0.2) is 4.98 Å². The standard InChI is InChI=1S/C11H20ClN5/c1-4-17(8(2)3)6-5-14-10-7-9(12)15-11(13)16-10/h7-8H,4-6H2,1-3H3,(H3,13,14,15,16). The summed E-state index contributed by atoms with van der Waals surface area (Å²) >= 11 is 5.79. The number of halogens is 1. The Kier molecular flexibility index (Phi) is 5.44. The molecule has 0 aliphatic heterocycles. The number of rotatable bonds is 6. The molecule has 0 unspecified atom stereocenters. The lowest BCUT2D eigenvalue weighted by Crippen LogP contribution is -2.34. The zero-order chi connectivity index (χ0) is 12.8. The van der Waals surface area contributed by atoms with E-state index in [1.54, 1.807) is 6.07 Å². The molecule has 0 saturated carbocycles. The lowest BCUT2D eigenvalue weighted by atomic mass is 10.3. The largest absolute Gasteiger partial charge is 0.369 e. The van der Waals surface area contributed by atoms with Gasteiger partial charge in [-0.15, -0.1) is 0 Å². The van der Waals surface area contributed by atoms with Crippen molar-refractivity contribution >= 4 is 23.4 Å². The number of anilines is 2. The zero-order valence-corrected chi connectivity index (χ0v) is 11.3. The first kappa shape index (κ1) is 14.0. The van der Waals surface area contributed by atoms with Crippen molar-refractivity contribution in [1.82, 2.24) is 14.9 Å². The number of hydrogen-bond donors (Lipinski definition) is 2. The summed E-state index contributed by atoms with van der Waals surface area (Å²) in [6, 6.07) is 2.21. The molecule has 1 rings (SSSR count). The lowest BCUT2D eigenvalue weighted by Gasteiger charge is -2.24. The van der Waals surface area contributed by atoms with Crippen molar-refractivity contribution in [2.75, 3.05) is 30.7 Å². The first-order valence-electron chi connectivity index (χ1n) is 5.81. The second-order valence-electron chi connectivity index (χ2n) is 4.08. The number of likely N-dealkylation sites (N-methyl/N-ethyl adjacent to an activating group) is 1. The van der Waals surface area contributed by atoms with E-state index in [2.05, 4.69) is 41.0 Å². The summed E-state index contributed by atoms with van der Waals surface area (Å²) in [6.07, 6.45) is 0. The fourth-order valence-electron chi connectivity index (χ4n) is 1.63. The Morgan fingerprint density at radius 2 is 2.18 bits per heavy atom. The third-order valence-corrected chi connectivity index (χ3v) is 2.75. The predicted octanol–water partition coefficient (Wildman–Crippen LogP) is 1.85. The highest BCUT2D eigenvalue weighted by atomic mass is 35.5.